The molecule has 0 bridgehead atoms. The Morgan fingerprint density at radius 3 is 1.49 bits per heavy atom. The van der Waals surface area contributed by atoms with E-state index in [-0.39, 0.29) is 0 Å². The van der Waals surface area contributed by atoms with Gasteiger partial charge in [0.1, 0.15) is 30.8 Å². The molecule has 448 valence electrons. The van der Waals surface area contributed by atoms with Gasteiger partial charge in [0.2, 0.25) is 0 Å². The molecule has 0 unspecified atom stereocenters. The van der Waals surface area contributed by atoms with Gasteiger partial charge in [-0.05, 0) is 140 Å². The zero-order valence-electron chi connectivity index (χ0n) is 49.6. The first-order chi connectivity index (χ1) is 40.5. The van der Waals surface area contributed by atoms with Gasteiger partial charge in [0.25, 0.3) is 0 Å². The molecule has 0 aliphatic rings. The van der Waals surface area contributed by atoms with E-state index in [1.165, 1.54) is 62.7 Å². The van der Waals surface area contributed by atoms with Crippen molar-refractivity contribution < 1.29 is 22.3 Å². The first-order valence-electron chi connectivity index (χ1n) is 24.9. The van der Waals surface area contributed by atoms with E-state index in [1.54, 1.807) is 126 Å². The largest absolute Gasteiger partial charge is 0.452 e. The molecule has 0 amide bonds. The Hall–Kier alpha value is -8.47. The van der Waals surface area contributed by atoms with Crippen molar-refractivity contribution in [3.05, 3.63) is 254 Å². The molecular weight excluding hydrogens is 1180 g/mol. The summed E-state index contributed by atoms with van der Waals surface area (Å²) in [5.74, 6) is 1.57. The summed E-state index contributed by atoms with van der Waals surface area (Å²) in [5.41, 5.74) is 10.0. The van der Waals surface area contributed by atoms with Crippen LogP contribution in [-0.2, 0) is 21.1 Å². The molecule has 14 aromatic rings. The average molecular weight is 1260 g/mol. The minimum atomic E-state index is 0.718. The highest BCUT2D eigenvalue weighted by molar-refractivity contribution is 7.09. The smallest absolute Gasteiger partial charge is 0.190 e. The van der Waals surface area contributed by atoms with Gasteiger partial charge in [-0.25, -0.2) is 28.7 Å². The lowest BCUT2D eigenvalue weighted by atomic mass is 10.4. The predicted octanol–water partition coefficient (Wildman–Crippen LogP) is 15.5. The van der Waals surface area contributed by atoms with E-state index in [0.29, 0.717) is 0 Å². The second-order valence-corrected chi connectivity index (χ2v) is 21.4. The van der Waals surface area contributed by atoms with Crippen LogP contribution in [0.3, 0.4) is 0 Å². The van der Waals surface area contributed by atoms with Gasteiger partial charge in [-0.3, -0.25) is 19.6 Å². The monoisotopic (exact) mass is 1250 g/mol. The van der Waals surface area contributed by atoms with E-state index < -0.39 is 0 Å². The molecule has 0 atom stereocenters. The van der Waals surface area contributed by atoms with Gasteiger partial charge in [0.05, 0.1) is 58.0 Å². The third-order valence-electron chi connectivity index (χ3n) is 8.17. The van der Waals surface area contributed by atoms with Crippen LogP contribution >= 0.6 is 68.6 Å². The number of hydrogen-bond acceptors (Lipinski definition) is 24. The van der Waals surface area contributed by atoms with Gasteiger partial charge in [0, 0.05) is 139 Å². The summed E-state index contributed by atoms with van der Waals surface area (Å²) >= 11 is 9.47. The van der Waals surface area contributed by atoms with Crippen LogP contribution in [-0.4, -0.2) is 77.2 Å². The van der Waals surface area contributed by atoms with Crippen LogP contribution in [0.5, 0.6) is 0 Å². The number of oxazole rings is 3. The third-order valence-corrected chi connectivity index (χ3v) is 12.3. The fourth-order valence-electron chi connectivity index (χ4n) is 4.13. The summed E-state index contributed by atoms with van der Waals surface area (Å²) in [6.07, 6.45) is 34.4. The van der Waals surface area contributed by atoms with E-state index in [9.17, 15) is 0 Å². The van der Waals surface area contributed by atoms with Crippen molar-refractivity contribution in [2.45, 2.75) is 76.2 Å². The van der Waals surface area contributed by atoms with Crippen LogP contribution in [0.4, 0.5) is 0 Å². The number of thiazole rings is 3. The zero-order valence-corrected chi connectivity index (χ0v) is 54.5. The van der Waals surface area contributed by atoms with Crippen molar-refractivity contribution in [2.24, 2.45) is 21.1 Å². The SMILES string of the molecule is Cc1ccns1.Cc1ccon1.Cc1ccsn1.Cc1cnco1.Cc1cncs1.Cc1cnoc1.Cc1cnsc1.Cc1cocn1.Cc1cscn1.Cc1ncco1.Cc1nccs1.Cn1cccc1.Cn1cccn1.Cn1ccnc1. The van der Waals surface area contributed by atoms with Crippen LogP contribution in [0.15, 0.2) is 216 Å². The molecule has 0 aromatic carbocycles. The van der Waals surface area contributed by atoms with Crippen LogP contribution in [0.2, 0.25) is 0 Å². The number of hydrogen-bond donors (Lipinski definition) is 0. The van der Waals surface area contributed by atoms with Crippen molar-refractivity contribution in [2.75, 3.05) is 0 Å². The van der Waals surface area contributed by atoms with Crippen molar-refractivity contribution in [3.63, 3.8) is 0 Å². The Morgan fingerprint density at radius 2 is 1.32 bits per heavy atom. The molecule has 21 nitrogen and oxygen atoms in total. The van der Waals surface area contributed by atoms with Crippen LogP contribution in [0, 0.1) is 76.2 Å². The molecule has 0 spiro atoms. The molecule has 0 saturated carbocycles. The molecular formula is C57H74N16O5S6. The quantitative estimate of drug-likeness (QED) is 0.137. The van der Waals surface area contributed by atoms with Crippen LogP contribution in [0.25, 0.3) is 0 Å². The maximum Gasteiger partial charge on any atom is 0.190 e. The fraction of sp³-hybridized carbons (Fsp3) is 0.246. The summed E-state index contributed by atoms with van der Waals surface area (Å²) < 4.78 is 40.3. The molecule has 14 aromatic heterocycles. The minimum Gasteiger partial charge on any atom is -0.452 e. The van der Waals surface area contributed by atoms with Crippen molar-refractivity contribution in [3.8, 4) is 0 Å². The molecule has 0 N–H and O–H groups in total. The van der Waals surface area contributed by atoms with Gasteiger partial charge in [-0.2, -0.15) is 9.47 Å². The van der Waals surface area contributed by atoms with Crippen molar-refractivity contribution >= 4 is 68.6 Å². The van der Waals surface area contributed by atoms with Crippen molar-refractivity contribution in [1.29, 1.82) is 0 Å². The fourth-order valence-corrected chi connectivity index (χ4v) is 6.99. The topological polar surface area (TPSA) is 248 Å². The van der Waals surface area contributed by atoms with E-state index in [4.69, 9.17) is 8.83 Å². The van der Waals surface area contributed by atoms with Crippen LogP contribution in [0.1, 0.15) is 60.3 Å². The standard InChI is InChI=1S/C5H7N.2C4H6N2.5C4H5NO.6C4H5NS/c1-6-4-2-3-5-6;1-6-3-2-5-4-6;1-6-4-2-3-5-6;1-4-2-6-3-5-4;1-4-2-5-3-6-4;1-4-2-5-6-3-4;1-4-5-2-3-6-4;1-4-2-3-6-5-4;1-4-2-6-3-5-4;1-4-2-5-3-6-4;1-4-2-5-6-3-4;1-4-5-2-3-6-4;1-4-2-3-6-5-4;1-4-2-3-5-6-4/h2-5H,1H3;2*2-4H,1H3;11*2-3H,1H3. The summed E-state index contributed by atoms with van der Waals surface area (Å²) in [6.45, 7) is 21.4. The molecule has 0 saturated heterocycles. The lowest BCUT2D eigenvalue weighted by Crippen LogP contribution is -1.83. The Balaban J connectivity index is 0.000000452. The molecule has 0 aliphatic carbocycles. The molecule has 14 rings (SSSR count). The molecule has 14 heterocycles. The minimum absolute atomic E-state index is 0.718. The number of aryl methyl sites for hydroxylation is 14. The van der Waals surface area contributed by atoms with E-state index in [0.717, 1.165) is 45.0 Å². The van der Waals surface area contributed by atoms with E-state index >= 15 is 0 Å². The maximum atomic E-state index is 4.72. The van der Waals surface area contributed by atoms with Gasteiger partial charge < -0.3 is 31.4 Å². The van der Waals surface area contributed by atoms with Gasteiger partial charge in [0.15, 0.2) is 18.7 Å². The Bertz CT molecular complexity index is 2420. The highest BCUT2D eigenvalue weighted by Crippen LogP contribution is 2.01. The lowest BCUT2D eigenvalue weighted by molar-refractivity contribution is 0.415. The summed E-state index contributed by atoms with van der Waals surface area (Å²) in [4.78, 5) is 29.2. The zero-order chi connectivity index (χ0) is 61.7. The highest BCUT2D eigenvalue weighted by atomic mass is 32.1. The van der Waals surface area contributed by atoms with Gasteiger partial charge >= 0.3 is 0 Å². The number of rotatable bonds is 0. The second-order valence-electron chi connectivity index (χ2n) is 16.2. The summed E-state index contributed by atoms with van der Waals surface area (Å²) in [7, 11) is 5.83. The Kier molecular flexibility index (Phi) is 44.0. The van der Waals surface area contributed by atoms with Gasteiger partial charge in [-0.1, -0.05) is 10.3 Å². The predicted molar refractivity (Wildman–Crippen MR) is 339 cm³/mol. The van der Waals surface area contributed by atoms with Crippen LogP contribution < -0.4 is 0 Å². The van der Waals surface area contributed by atoms with E-state index in [1.807, 2.05) is 200 Å². The molecule has 27 heteroatoms. The molecule has 0 fully saturated rings. The first kappa shape index (κ1) is 73.5. The molecule has 84 heavy (non-hydrogen) atoms. The Labute approximate surface area is 516 Å². The highest BCUT2D eigenvalue weighted by Gasteiger charge is 1.83. The number of imidazole rings is 1. The van der Waals surface area contributed by atoms with Gasteiger partial charge in [-0.15, -0.1) is 34.0 Å². The second kappa shape index (κ2) is 50.3. The molecule has 0 aliphatic heterocycles. The van der Waals surface area contributed by atoms with E-state index in [2.05, 4.69) is 76.9 Å². The summed E-state index contributed by atoms with van der Waals surface area (Å²) in [6, 6.07) is 11.7. The van der Waals surface area contributed by atoms with Crippen molar-refractivity contribution in [1.82, 2.24) is 77.2 Å². The Morgan fingerprint density at radius 1 is 0.512 bits per heavy atom. The normalized spacial score (nSPS) is 8.83. The number of nitrogens with zero attached hydrogens (tertiary/aromatic N) is 16. The third kappa shape index (κ3) is 48.3. The maximum absolute atomic E-state index is 4.72. The lowest BCUT2D eigenvalue weighted by Gasteiger charge is -1.79. The molecule has 0 radical (unpaired) electrons. The average Bonchev–Trinajstić information content (AvgIpc) is 4.27. The summed E-state index contributed by atoms with van der Waals surface area (Å²) in [5, 5.41) is 19.9. The first-order valence-corrected chi connectivity index (χ1v) is 30.0. The number of aromatic nitrogens is 16.